The van der Waals surface area contributed by atoms with Gasteiger partial charge in [0.25, 0.3) is 5.91 Å². The van der Waals surface area contributed by atoms with Crippen LogP contribution >= 0.6 is 11.3 Å². The van der Waals surface area contributed by atoms with E-state index in [9.17, 15) is 32.4 Å². The fourth-order valence-electron chi connectivity index (χ4n) is 6.49. The maximum atomic E-state index is 14.2. The van der Waals surface area contributed by atoms with Crippen molar-refractivity contribution >= 4 is 66.6 Å². The molecule has 1 saturated heterocycles. The number of anilines is 1. The molecule has 0 unspecified atom stereocenters. The van der Waals surface area contributed by atoms with Crippen molar-refractivity contribution in [1.82, 2.24) is 25.2 Å². The van der Waals surface area contributed by atoms with Crippen molar-refractivity contribution in [2.75, 3.05) is 11.9 Å². The molecule has 3 fully saturated rings. The molecule has 2 aliphatic heterocycles. The Morgan fingerprint density at radius 2 is 1.82 bits per heavy atom. The van der Waals surface area contributed by atoms with E-state index in [-0.39, 0.29) is 25.8 Å². The largest absolute Gasteiger partial charge is 0.444 e. The number of hydrogen-bond acceptors (Lipinski definition) is 11. The Balaban J connectivity index is 1.24. The number of amides is 5. The maximum absolute atomic E-state index is 14.2. The molecule has 6 rings (SSSR count). The number of aromatic nitrogens is 1. The predicted molar refractivity (Wildman–Crippen MR) is 188 cm³/mol. The summed E-state index contributed by atoms with van der Waals surface area (Å²) in [5.74, 6) is -2.57. The van der Waals surface area contributed by atoms with Gasteiger partial charge in [0.05, 0.1) is 22.0 Å². The van der Waals surface area contributed by atoms with Gasteiger partial charge in [0.2, 0.25) is 21.8 Å². The normalized spacial score (nSPS) is 27.9. The SMILES string of the molecule is CC(C)(C)OC(=O)N[C@H]1CCCCC/C=C\[C@@H]2C[C@@]2(C(=O)NS(=O)(=O)C2CC2)NC(=O)[C@@H]2C[C@@H](OC(=O)Nc3nc4ccccc4s3)CN2C1=O. The Hall–Kier alpha value is -4.25. The molecule has 1 aromatic carbocycles. The van der Waals surface area contributed by atoms with E-state index in [0.717, 1.165) is 17.5 Å². The first-order valence-corrected chi connectivity index (χ1v) is 19.7. The third-order valence-electron chi connectivity index (χ3n) is 9.31. The highest BCUT2D eigenvalue weighted by molar-refractivity contribution is 7.91. The second-order valence-electron chi connectivity index (χ2n) is 14.6. The first kappa shape index (κ1) is 36.5. The van der Waals surface area contributed by atoms with Gasteiger partial charge in [0, 0.05) is 12.3 Å². The minimum absolute atomic E-state index is 0.109. The minimum atomic E-state index is -3.91. The van der Waals surface area contributed by atoms with Crippen molar-refractivity contribution in [1.29, 1.82) is 0 Å². The number of thiazole rings is 1. The van der Waals surface area contributed by atoms with E-state index in [0.29, 0.717) is 36.3 Å². The fraction of sp³-hybridized carbons (Fsp3) is 0.588. The summed E-state index contributed by atoms with van der Waals surface area (Å²) in [7, 11) is -3.91. The Kier molecular flexibility index (Phi) is 10.3. The molecule has 5 atom stereocenters. The highest BCUT2D eigenvalue weighted by atomic mass is 32.2. The van der Waals surface area contributed by atoms with Crippen LogP contribution < -0.4 is 20.7 Å². The summed E-state index contributed by atoms with van der Waals surface area (Å²) in [6.45, 7) is 4.93. The molecule has 17 heteroatoms. The van der Waals surface area contributed by atoms with Gasteiger partial charge in [-0.3, -0.25) is 24.4 Å². The van der Waals surface area contributed by atoms with Gasteiger partial charge in [-0.15, -0.1) is 0 Å². The van der Waals surface area contributed by atoms with Crippen molar-refractivity contribution in [2.45, 2.75) is 113 Å². The van der Waals surface area contributed by atoms with Crippen LogP contribution in [0.1, 0.15) is 78.6 Å². The molecule has 2 aromatic rings. The zero-order valence-electron chi connectivity index (χ0n) is 28.8. The van der Waals surface area contributed by atoms with Gasteiger partial charge in [-0.05, 0) is 71.4 Å². The third-order valence-corrected chi connectivity index (χ3v) is 12.1. The summed E-state index contributed by atoms with van der Waals surface area (Å²) in [5.41, 5.74) is -1.67. The average molecular weight is 745 g/mol. The number of sulfonamides is 1. The number of fused-ring (bicyclic) bond motifs is 3. The molecule has 1 aromatic heterocycles. The number of ether oxygens (including phenoxy) is 2. The van der Waals surface area contributed by atoms with E-state index in [1.807, 2.05) is 36.4 Å². The number of nitrogens with one attached hydrogen (secondary N) is 4. The van der Waals surface area contributed by atoms with E-state index in [2.05, 4.69) is 25.7 Å². The van der Waals surface area contributed by atoms with Gasteiger partial charge in [-0.25, -0.2) is 23.0 Å². The standard InChI is InChI=1S/C34H44N6O9S2/c1-33(2,3)49-32(45)36-24-13-8-6-4-5-7-11-20-18-34(20,29(43)39-51(46,47)22-15-16-22)38-27(41)25-17-21(19-40(25)28(24)42)48-31(44)37-30-35-23-12-9-10-14-26(23)50-30/h7,9-12,14,20-22,24-25H,4-6,8,13,15-19H2,1-3H3,(H,36,45)(H,38,41)(H,39,43)(H,35,37,44)/b11-7-/t20-,21-,24+,25+,34-/m1/s1. The van der Waals surface area contributed by atoms with E-state index in [4.69, 9.17) is 9.47 Å². The van der Waals surface area contributed by atoms with Crippen molar-refractivity contribution in [3.63, 3.8) is 0 Å². The molecule has 51 heavy (non-hydrogen) atoms. The summed E-state index contributed by atoms with van der Waals surface area (Å²) in [6, 6.07) is 5.10. The first-order chi connectivity index (χ1) is 24.1. The number of allylic oxidation sites excluding steroid dienone is 1. The van der Waals surface area contributed by atoms with Crippen molar-refractivity contribution in [3.8, 4) is 0 Å². The molecule has 4 aliphatic rings. The van der Waals surface area contributed by atoms with E-state index in [1.165, 1.54) is 16.2 Å². The number of benzene rings is 1. The van der Waals surface area contributed by atoms with Crippen LogP contribution in [0.4, 0.5) is 14.7 Å². The Morgan fingerprint density at radius 1 is 1.06 bits per heavy atom. The quantitative estimate of drug-likeness (QED) is 0.316. The van der Waals surface area contributed by atoms with Crippen LogP contribution in [-0.4, -0.2) is 89.3 Å². The molecule has 5 amide bonds. The second-order valence-corrected chi connectivity index (χ2v) is 17.6. The fourth-order valence-corrected chi connectivity index (χ4v) is 8.71. The highest BCUT2D eigenvalue weighted by Gasteiger charge is 2.62. The Bertz CT molecular complexity index is 1800. The van der Waals surface area contributed by atoms with Crippen LogP contribution in [0.25, 0.3) is 10.2 Å². The number of para-hydroxylation sites is 1. The van der Waals surface area contributed by atoms with E-state index in [1.54, 1.807) is 20.8 Å². The van der Waals surface area contributed by atoms with Crippen LogP contribution in [-0.2, 0) is 33.9 Å². The molecule has 0 radical (unpaired) electrons. The van der Waals surface area contributed by atoms with Gasteiger partial charge in [-0.1, -0.05) is 48.5 Å². The monoisotopic (exact) mass is 744 g/mol. The number of carbonyl (C=O) groups excluding carboxylic acids is 5. The Labute approximate surface area is 300 Å². The molecule has 15 nitrogen and oxygen atoms in total. The van der Waals surface area contributed by atoms with Crippen LogP contribution in [0.5, 0.6) is 0 Å². The molecule has 4 N–H and O–H groups in total. The number of hydrogen-bond donors (Lipinski definition) is 4. The van der Waals surface area contributed by atoms with Gasteiger partial charge in [0.1, 0.15) is 29.3 Å². The number of rotatable bonds is 6. The average Bonchev–Trinajstić information content (AvgIpc) is 3.93. The first-order valence-electron chi connectivity index (χ1n) is 17.3. The molecule has 3 heterocycles. The summed E-state index contributed by atoms with van der Waals surface area (Å²) in [4.78, 5) is 73.5. The van der Waals surface area contributed by atoms with Gasteiger partial charge >= 0.3 is 12.2 Å². The van der Waals surface area contributed by atoms with Crippen LogP contribution in [0, 0.1) is 5.92 Å². The topological polar surface area (TPSA) is 202 Å². The van der Waals surface area contributed by atoms with Crippen LogP contribution in [0.15, 0.2) is 36.4 Å². The molecular weight excluding hydrogens is 701 g/mol. The van der Waals surface area contributed by atoms with Crippen molar-refractivity contribution < 1.29 is 41.9 Å². The van der Waals surface area contributed by atoms with Crippen LogP contribution in [0.2, 0.25) is 0 Å². The van der Waals surface area contributed by atoms with Gasteiger partial charge in [0.15, 0.2) is 5.13 Å². The summed E-state index contributed by atoms with van der Waals surface area (Å²) in [6.07, 6.45) is 5.19. The lowest BCUT2D eigenvalue weighted by atomic mass is 10.0. The van der Waals surface area contributed by atoms with Gasteiger partial charge in [-0.2, -0.15) is 0 Å². The zero-order chi connectivity index (χ0) is 36.6. The number of carbonyl (C=O) groups is 5. The van der Waals surface area contributed by atoms with Crippen molar-refractivity contribution in [3.05, 3.63) is 36.4 Å². The minimum Gasteiger partial charge on any atom is -0.444 e. The second kappa shape index (κ2) is 14.4. The summed E-state index contributed by atoms with van der Waals surface area (Å²) in [5, 5.41) is 7.75. The molecule has 0 bridgehead atoms. The maximum Gasteiger partial charge on any atom is 0.413 e. The summed E-state index contributed by atoms with van der Waals surface area (Å²) >= 11 is 1.26. The number of alkyl carbamates (subject to hydrolysis) is 1. The molecule has 276 valence electrons. The zero-order valence-corrected chi connectivity index (χ0v) is 30.4. The smallest absolute Gasteiger partial charge is 0.413 e. The molecular formula is C34H44N6O9S2. The molecule has 0 spiro atoms. The van der Waals surface area contributed by atoms with Crippen molar-refractivity contribution in [2.24, 2.45) is 5.92 Å². The lowest BCUT2D eigenvalue weighted by Crippen LogP contribution is -2.58. The lowest BCUT2D eigenvalue weighted by Gasteiger charge is -2.30. The lowest BCUT2D eigenvalue weighted by molar-refractivity contribution is -0.141. The van der Waals surface area contributed by atoms with Crippen LogP contribution in [0.3, 0.4) is 0 Å². The molecule has 2 aliphatic carbocycles. The van der Waals surface area contributed by atoms with E-state index < -0.39 is 80.4 Å². The predicted octanol–water partition coefficient (Wildman–Crippen LogP) is 3.71. The Morgan fingerprint density at radius 3 is 2.55 bits per heavy atom. The molecule has 2 saturated carbocycles. The highest BCUT2D eigenvalue weighted by Crippen LogP contribution is 2.46. The third kappa shape index (κ3) is 8.80. The summed E-state index contributed by atoms with van der Waals surface area (Å²) < 4.78 is 39.6. The number of nitrogens with zero attached hydrogens (tertiary/aromatic N) is 2. The van der Waals surface area contributed by atoms with Gasteiger partial charge < -0.3 is 25.0 Å². The van der Waals surface area contributed by atoms with E-state index >= 15 is 0 Å².